The first-order valence-electron chi connectivity index (χ1n) is 6.88. The number of hydrogen-bond acceptors (Lipinski definition) is 6. The number of hydrogen-bond donors (Lipinski definition) is 2. The Morgan fingerprint density at radius 3 is 2.82 bits per heavy atom. The summed E-state index contributed by atoms with van der Waals surface area (Å²) in [6.45, 7) is 5.16. The highest BCUT2D eigenvalue weighted by Crippen LogP contribution is 2.13. The van der Waals surface area contributed by atoms with Crippen LogP contribution >= 0.6 is 35.3 Å². The van der Waals surface area contributed by atoms with Gasteiger partial charge in [-0.3, -0.25) is 4.99 Å². The summed E-state index contributed by atoms with van der Waals surface area (Å²) in [5.74, 6) is 1.88. The van der Waals surface area contributed by atoms with Crippen LogP contribution in [0.25, 0.3) is 0 Å². The van der Waals surface area contributed by atoms with E-state index in [4.69, 9.17) is 4.52 Å². The summed E-state index contributed by atoms with van der Waals surface area (Å²) in [6.07, 6.45) is 3.87. The fourth-order valence-electron chi connectivity index (χ4n) is 1.71. The molecule has 2 N–H and O–H groups in total. The first-order valence-corrected chi connectivity index (χ1v) is 7.70. The minimum atomic E-state index is 0. The van der Waals surface area contributed by atoms with Crippen molar-refractivity contribution in [2.24, 2.45) is 4.99 Å². The van der Waals surface area contributed by atoms with Gasteiger partial charge in [0.1, 0.15) is 0 Å². The molecule has 0 fully saturated rings. The van der Waals surface area contributed by atoms with E-state index in [0.717, 1.165) is 24.4 Å². The van der Waals surface area contributed by atoms with Gasteiger partial charge >= 0.3 is 0 Å². The van der Waals surface area contributed by atoms with Crippen molar-refractivity contribution in [3.8, 4) is 0 Å². The van der Waals surface area contributed by atoms with Gasteiger partial charge in [-0.05, 0) is 13.3 Å². The number of guanidine groups is 1. The predicted molar refractivity (Wildman–Crippen MR) is 97.8 cm³/mol. The van der Waals surface area contributed by atoms with Gasteiger partial charge in [-0.25, -0.2) is 4.98 Å². The maximum atomic E-state index is 5.03. The van der Waals surface area contributed by atoms with Crippen molar-refractivity contribution in [2.75, 3.05) is 13.6 Å². The van der Waals surface area contributed by atoms with E-state index in [1.165, 1.54) is 4.88 Å². The van der Waals surface area contributed by atoms with Crippen molar-refractivity contribution in [3.05, 3.63) is 27.8 Å². The zero-order valence-corrected chi connectivity index (χ0v) is 16.1. The molecule has 7 nitrogen and oxygen atoms in total. The molecular weight excluding hydrogens is 415 g/mol. The molecule has 9 heteroatoms. The minimum Gasteiger partial charge on any atom is -0.356 e. The van der Waals surface area contributed by atoms with E-state index in [-0.39, 0.29) is 24.0 Å². The number of nitrogens with one attached hydrogen (secondary N) is 2. The predicted octanol–water partition coefficient (Wildman–Crippen LogP) is 1.92. The van der Waals surface area contributed by atoms with Gasteiger partial charge in [0.05, 0.1) is 11.6 Å². The number of aliphatic imine (C=N–C) groups is 1. The van der Waals surface area contributed by atoms with Crippen molar-refractivity contribution in [1.29, 1.82) is 0 Å². The Balaban J connectivity index is 0.00000242. The summed E-state index contributed by atoms with van der Waals surface area (Å²) in [5.41, 5.74) is 0. The quantitative estimate of drug-likeness (QED) is 0.409. The summed E-state index contributed by atoms with van der Waals surface area (Å²) in [4.78, 5) is 14.0. The second kappa shape index (κ2) is 9.72. The molecule has 122 valence electrons. The van der Waals surface area contributed by atoms with Crippen LogP contribution in [0.3, 0.4) is 0 Å². The average molecular weight is 436 g/mol. The van der Waals surface area contributed by atoms with E-state index in [0.29, 0.717) is 24.2 Å². The Morgan fingerprint density at radius 2 is 2.23 bits per heavy atom. The van der Waals surface area contributed by atoms with Gasteiger partial charge < -0.3 is 15.2 Å². The molecule has 0 saturated heterocycles. The second-order valence-corrected chi connectivity index (χ2v) is 5.61. The summed E-state index contributed by atoms with van der Waals surface area (Å²) < 4.78 is 5.03. The highest BCUT2D eigenvalue weighted by Gasteiger charge is 2.05. The highest BCUT2D eigenvalue weighted by molar-refractivity contribution is 14.0. The first kappa shape index (κ1) is 18.8. The third-order valence-electron chi connectivity index (χ3n) is 2.78. The van der Waals surface area contributed by atoms with Crippen molar-refractivity contribution >= 4 is 41.3 Å². The third-order valence-corrected chi connectivity index (χ3v) is 3.98. The minimum absolute atomic E-state index is 0. The number of aryl methyl sites for hydroxylation is 2. The molecule has 0 aromatic carbocycles. The second-order valence-electron chi connectivity index (χ2n) is 4.41. The molecule has 0 amide bonds. The fourth-order valence-corrected chi connectivity index (χ4v) is 2.57. The van der Waals surface area contributed by atoms with E-state index < -0.39 is 0 Å². The van der Waals surface area contributed by atoms with Crippen LogP contribution < -0.4 is 10.6 Å². The molecule has 2 heterocycles. The number of rotatable bonds is 6. The third kappa shape index (κ3) is 5.87. The van der Waals surface area contributed by atoms with E-state index in [1.54, 1.807) is 25.3 Å². The van der Waals surface area contributed by atoms with E-state index in [2.05, 4.69) is 37.7 Å². The Hall–Kier alpha value is -1.23. The molecule has 0 atom stereocenters. The zero-order valence-electron chi connectivity index (χ0n) is 12.9. The largest absolute Gasteiger partial charge is 0.356 e. The van der Waals surface area contributed by atoms with Crippen LogP contribution in [0.4, 0.5) is 0 Å². The van der Waals surface area contributed by atoms with Crippen LogP contribution in [0.15, 0.2) is 15.7 Å². The lowest BCUT2D eigenvalue weighted by Crippen LogP contribution is -2.37. The number of thiazole rings is 1. The topological polar surface area (TPSA) is 88.2 Å². The molecule has 0 aliphatic carbocycles. The molecule has 0 bridgehead atoms. The van der Waals surface area contributed by atoms with Crippen LogP contribution in [0, 0.1) is 6.92 Å². The Labute approximate surface area is 151 Å². The summed E-state index contributed by atoms with van der Waals surface area (Å²) in [6, 6.07) is 0. The zero-order chi connectivity index (χ0) is 15.1. The van der Waals surface area contributed by atoms with Gasteiger partial charge in [-0.1, -0.05) is 12.1 Å². The molecule has 0 saturated carbocycles. The molecule has 0 spiro atoms. The van der Waals surface area contributed by atoms with Crippen LogP contribution in [0.1, 0.15) is 28.5 Å². The number of halogens is 1. The van der Waals surface area contributed by atoms with Gasteiger partial charge in [0.2, 0.25) is 5.89 Å². The van der Waals surface area contributed by atoms with Crippen molar-refractivity contribution in [2.45, 2.75) is 33.2 Å². The van der Waals surface area contributed by atoms with Crippen molar-refractivity contribution < 1.29 is 4.52 Å². The number of nitrogens with zero attached hydrogens (tertiary/aromatic N) is 4. The summed E-state index contributed by atoms with van der Waals surface area (Å²) in [5, 5.41) is 11.2. The Kier molecular flexibility index (Phi) is 8.31. The van der Waals surface area contributed by atoms with E-state index in [9.17, 15) is 0 Å². The van der Waals surface area contributed by atoms with E-state index in [1.807, 2.05) is 6.20 Å². The lowest BCUT2D eigenvalue weighted by atomic mass is 10.4. The molecule has 22 heavy (non-hydrogen) atoms. The lowest BCUT2D eigenvalue weighted by molar-refractivity contribution is 0.371. The molecule has 2 rings (SSSR count). The summed E-state index contributed by atoms with van der Waals surface area (Å²) in [7, 11) is 1.73. The van der Waals surface area contributed by atoms with Crippen LogP contribution in [0.2, 0.25) is 0 Å². The Bertz CT molecular complexity index is 597. The van der Waals surface area contributed by atoms with E-state index >= 15 is 0 Å². The van der Waals surface area contributed by atoms with Crippen LogP contribution in [-0.4, -0.2) is 34.7 Å². The van der Waals surface area contributed by atoms with Crippen molar-refractivity contribution in [3.63, 3.8) is 0 Å². The molecule has 2 aromatic rings. The van der Waals surface area contributed by atoms with Gasteiger partial charge in [0.25, 0.3) is 0 Å². The SMILES string of the molecule is CCc1cnc(CCNC(=NC)NCc2nc(C)no2)s1.I. The van der Waals surface area contributed by atoms with Crippen LogP contribution in [-0.2, 0) is 19.4 Å². The van der Waals surface area contributed by atoms with Gasteiger partial charge in [0.15, 0.2) is 11.8 Å². The maximum absolute atomic E-state index is 5.03. The number of aromatic nitrogens is 3. The van der Waals surface area contributed by atoms with Crippen molar-refractivity contribution in [1.82, 2.24) is 25.8 Å². The highest BCUT2D eigenvalue weighted by atomic mass is 127. The molecule has 0 aliphatic rings. The van der Waals surface area contributed by atoms with Gasteiger partial charge in [-0.2, -0.15) is 4.98 Å². The first-order chi connectivity index (χ1) is 10.2. The van der Waals surface area contributed by atoms with Gasteiger partial charge in [-0.15, -0.1) is 35.3 Å². The van der Waals surface area contributed by atoms with Gasteiger partial charge in [0, 0.05) is 31.1 Å². The van der Waals surface area contributed by atoms with Crippen LogP contribution in [0.5, 0.6) is 0 Å². The Morgan fingerprint density at radius 1 is 1.41 bits per heavy atom. The smallest absolute Gasteiger partial charge is 0.246 e. The molecule has 0 aliphatic heterocycles. The molecule has 0 radical (unpaired) electrons. The molecular formula is C13H21IN6OS. The monoisotopic (exact) mass is 436 g/mol. The maximum Gasteiger partial charge on any atom is 0.246 e. The summed E-state index contributed by atoms with van der Waals surface area (Å²) >= 11 is 1.76. The molecule has 0 unspecified atom stereocenters. The normalized spacial score (nSPS) is 11.1. The fraction of sp³-hybridized carbons (Fsp3) is 0.538. The molecule has 2 aromatic heterocycles. The lowest BCUT2D eigenvalue weighted by Gasteiger charge is -2.09. The average Bonchev–Trinajstić information content (AvgIpc) is 3.11. The standard InChI is InChI=1S/C13H20N6OS.HI/c1-4-10-7-16-12(21-10)5-6-15-13(14-3)17-8-11-18-9(2)19-20-11;/h7H,4-6,8H2,1-3H3,(H2,14,15,17);1H.